The molecule has 1 aromatic rings. The van der Waals surface area contributed by atoms with Gasteiger partial charge in [-0.1, -0.05) is 6.07 Å². The van der Waals surface area contributed by atoms with Gasteiger partial charge >= 0.3 is 6.03 Å². The molecule has 2 bridgehead atoms. The average molecular weight is 328 g/mol. The topological polar surface area (TPSA) is 73.5 Å². The quantitative estimate of drug-likeness (QED) is 0.794. The molecule has 6 heteroatoms. The second kappa shape index (κ2) is 6.43. The lowest BCUT2D eigenvalue weighted by atomic mass is 10.1. The van der Waals surface area contributed by atoms with Crippen molar-refractivity contribution in [2.75, 3.05) is 18.4 Å². The number of anilines is 1. The number of rotatable bonds is 3. The van der Waals surface area contributed by atoms with E-state index in [-0.39, 0.29) is 11.9 Å². The molecule has 0 spiro atoms. The van der Waals surface area contributed by atoms with Crippen LogP contribution in [-0.2, 0) is 0 Å². The maximum atomic E-state index is 12.8. The van der Waals surface area contributed by atoms with Crippen molar-refractivity contribution in [3.63, 3.8) is 0 Å². The van der Waals surface area contributed by atoms with E-state index in [1.165, 1.54) is 6.42 Å². The Morgan fingerprint density at radius 1 is 1.08 bits per heavy atom. The number of nitrogens with zero attached hydrogens (tertiary/aromatic N) is 1. The first-order chi connectivity index (χ1) is 11.7. The molecular formula is C18H24N4O2. The molecule has 2 saturated heterocycles. The Labute approximate surface area is 142 Å². The highest BCUT2D eigenvalue weighted by Gasteiger charge is 2.31. The third-order valence-electron chi connectivity index (χ3n) is 5.09. The molecular weight excluding hydrogens is 304 g/mol. The predicted molar refractivity (Wildman–Crippen MR) is 92.1 cm³/mol. The van der Waals surface area contributed by atoms with Crippen molar-refractivity contribution in [1.29, 1.82) is 0 Å². The van der Waals surface area contributed by atoms with Crippen LogP contribution in [-0.4, -0.2) is 48.1 Å². The van der Waals surface area contributed by atoms with Crippen molar-refractivity contribution < 1.29 is 9.59 Å². The van der Waals surface area contributed by atoms with Crippen molar-refractivity contribution in [2.45, 2.75) is 50.2 Å². The Bertz CT molecular complexity index is 644. The number of urea groups is 1. The largest absolute Gasteiger partial charge is 0.337 e. The SMILES string of the molecule is O=C(Nc1cccc(C(=O)N2CCC3CCC(C2)N3)c1)NC1CC1. The van der Waals surface area contributed by atoms with Crippen LogP contribution in [0.15, 0.2) is 24.3 Å². The molecule has 3 amide bonds. The Balaban J connectivity index is 1.42. The lowest BCUT2D eigenvalue weighted by molar-refractivity contribution is 0.0748. The van der Waals surface area contributed by atoms with Crippen molar-refractivity contribution in [1.82, 2.24) is 15.5 Å². The highest BCUT2D eigenvalue weighted by molar-refractivity contribution is 5.97. The molecule has 2 atom stereocenters. The molecule has 1 aromatic carbocycles. The van der Waals surface area contributed by atoms with Crippen LogP contribution in [0.25, 0.3) is 0 Å². The third-order valence-corrected chi connectivity index (χ3v) is 5.09. The average Bonchev–Trinajstić information content (AvgIpc) is 3.29. The number of hydrogen-bond donors (Lipinski definition) is 3. The van der Waals surface area contributed by atoms with Gasteiger partial charge < -0.3 is 20.9 Å². The fourth-order valence-corrected chi connectivity index (χ4v) is 3.62. The first-order valence-corrected chi connectivity index (χ1v) is 8.90. The van der Waals surface area contributed by atoms with Crippen LogP contribution in [0.5, 0.6) is 0 Å². The standard InChI is InChI=1S/C18H24N4O2/c23-17(22-9-8-14-6-7-16(11-22)19-14)12-2-1-3-15(10-12)21-18(24)20-13-4-5-13/h1-3,10,13-14,16,19H,4-9,11H2,(H2,20,21,24). The van der Waals surface area contributed by atoms with Gasteiger partial charge in [0, 0.05) is 42.5 Å². The summed E-state index contributed by atoms with van der Waals surface area (Å²) in [6.45, 7) is 1.57. The van der Waals surface area contributed by atoms with E-state index in [2.05, 4.69) is 16.0 Å². The number of fused-ring (bicyclic) bond motifs is 2. The molecule has 24 heavy (non-hydrogen) atoms. The maximum Gasteiger partial charge on any atom is 0.319 e. The summed E-state index contributed by atoms with van der Waals surface area (Å²) < 4.78 is 0. The van der Waals surface area contributed by atoms with E-state index in [0.29, 0.717) is 29.4 Å². The molecule has 6 nitrogen and oxygen atoms in total. The van der Waals surface area contributed by atoms with Gasteiger partial charge in [-0.25, -0.2) is 4.79 Å². The minimum absolute atomic E-state index is 0.0515. The molecule has 0 radical (unpaired) electrons. The molecule has 1 saturated carbocycles. The first-order valence-electron chi connectivity index (χ1n) is 8.90. The lowest BCUT2D eigenvalue weighted by Gasteiger charge is -2.24. The van der Waals surface area contributed by atoms with Crippen LogP contribution in [0.2, 0.25) is 0 Å². The van der Waals surface area contributed by atoms with Crippen LogP contribution >= 0.6 is 0 Å². The van der Waals surface area contributed by atoms with E-state index in [1.807, 2.05) is 23.1 Å². The van der Waals surface area contributed by atoms with Gasteiger partial charge in [0.15, 0.2) is 0 Å². The summed E-state index contributed by atoms with van der Waals surface area (Å²) >= 11 is 0. The van der Waals surface area contributed by atoms with E-state index in [9.17, 15) is 9.59 Å². The number of benzene rings is 1. The second-order valence-corrected chi connectivity index (χ2v) is 7.13. The zero-order valence-electron chi connectivity index (χ0n) is 13.8. The smallest absolute Gasteiger partial charge is 0.319 e. The molecule has 4 rings (SSSR count). The summed E-state index contributed by atoms with van der Waals surface area (Å²) in [5.41, 5.74) is 1.30. The number of likely N-dealkylation sites (tertiary alicyclic amines) is 1. The zero-order chi connectivity index (χ0) is 16.5. The fraction of sp³-hybridized carbons (Fsp3) is 0.556. The van der Waals surface area contributed by atoms with E-state index < -0.39 is 0 Å². The minimum atomic E-state index is -0.196. The van der Waals surface area contributed by atoms with Gasteiger partial charge in [0.25, 0.3) is 5.91 Å². The number of amides is 3. The second-order valence-electron chi connectivity index (χ2n) is 7.13. The van der Waals surface area contributed by atoms with Crippen molar-refractivity contribution in [3.05, 3.63) is 29.8 Å². The molecule has 2 unspecified atom stereocenters. The summed E-state index contributed by atoms with van der Waals surface area (Å²) in [5, 5.41) is 9.30. The molecule has 1 aliphatic carbocycles. The zero-order valence-corrected chi connectivity index (χ0v) is 13.8. The Hall–Kier alpha value is -2.08. The maximum absolute atomic E-state index is 12.8. The Morgan fingerprint density at radius 2 is 1.92 bits per heavy atom. The van der Waals surface area contributed by atoms with Gasteiger partial charge in [-0.05, 0) is 50.3 Å². The first kappa shape index (κ1) is 15.4. The summed E-state index contributed by atoms with van der Waals surface area (Å²) in [6.07, 6.45) is 5.50. The van der Waals surface area contributed by atoms with Gasteiger partial charge in [-0.2, -0.15) is 0 Å². The number of carbonyl (C=O) groups is 2. The number of hydrogen-bond acceptors (Lipinski definition) is 3. The molecule has 3 fully saturated rings. The highest BCUT2D eigenvalue weighted by atomic mass is 16.2. The van der Waals surface area contributed by atoms with E-state index in [0.717, 1.165) is 38.8 Å². The van der Waals surface area contributed by atoms with E-state index >= 15 is 0 Å². The van der Waals surface area contributed by atoms with Gasteiger partial charge in [-0.15, -0.1) is 0 Å². The van der Waals surface area contributed by atoms with Crippen LogP contribution in [0.1, 0.15) is 42.5 Å². The van der Waals surface area contributed by atoms with Crippen molar-refractivity contribution in [2.24, 2.45) is 0 Å². The lowest BCUT2D eigenvalue weighted by Crippen LogP contribution is -2.39. The Kier molecular flexibility index (Phi) is 4.14. The molecule has 3 N–H and O–H groups in total. The monoisotopic (exact) mass is 328 g/mol. The van der Waals surface area contributed by atoms with Gasteiger partial charge in [-0.3, -0.25) is 4.79 Å². The normalized spacial score (nSPS) is 25.9. The third kappa shape index (κ3) is 3.53. The fourth-order valence-electron chi connectivity index (χ4n) is 3.62. The molecule has 128 valence electrons. The van der Waals surface area contributed by atoms with Crippen LogP contribution < -0.4 is 16.0 Å². The van der Waals surface area contributed by atoms with Crippen molar-refractivity contribution >= 4 is 17.6 Å². The molecule has 2 aliphatic heterocycles. The summed E-state index contributed by atoms with van der Waals surface area (Å²) in [4.78, 5) is 26.6. The summed E-state index contributed by atoms with van der Waals surface area (Å²) in [5.74, 6) is 0.0515. The van der Waals surface area contributed by atoms with Crippen LogP contribution in [0, 0.1) is 0 Å². The number of nitrogens with one attached hydrogen (secondary N) is 3. The molecule has 3 aliphatic rings. The summed E-state index contributed by atoms with van der Waals surface area (Å²) in [6, 6.07) is 8.33. The van der Waals surface area contributed by atoms with E-state index in [1.54, 1.807) is 6.07 Å². The summed E-state index contributed by atoms with van der Waals surface area (Å²) in [7, 11) is 0. The van der Waals surface area contributed by atoms with Gasteiger partial charge in [0.2, 0.25) is 0 Å². The molecule has 2 heterocycles. The predicted octanol–water partition coefficient (Wildman–Crippen LogP) is 1.94. The van der Waals surface area contributed by atoms with E-state index in [4.69, 9.17) is 0 Å². The van der Waals surface area contributed by atoms with Gasteiger partial charge in [0.1, 0.15) is 0 Å². The van der Waals surface area contributed by atoms with Crippen LogP contribution in [0.4, 0.5) is 10.5 Å². The highest BCUT2D eigenvalue weighted by Crippen LogP contribution is 2.22. The molecule has 0 aromatic heterocycles. The minimum Gasteiger partial charge on any atom is -0.337 e. The van der Waals surface area contributed by atoms with Gasteiger partial charge in [0.05, 0.1) is 0 Å². The van der Waals surface area contributed by atoms with Crippen LogP contribution in [0.3, 0.4) is 0 Å². The van der Waals surface area contributed by atoms with Crippen molar-refractivity contribution in [3.8, 4) is 0 Å². The Morgan fingerprint density at radius 3 is 2.75 bits per heavy atom. The number of carbonyl (C=O) groups excluding carboxylic acids is 2.